The van der Waals surface area contributed by atoms with Gasteiger partial charge in [0.2, 0.25) is 15.9 Å². The number of amides is 1. The zero-order chi connectivity index (χ0) is 44.9. The van der Waals surface area contributed by atoms with E-state index in [1.54, 1.807) is 12.1 Å². The van der Waals surface area contributed by atoms with Gasteiger partial charge in [0.15, 0.2) is 5.82 Å². The Morgan fingerprint density at radius 1 is 0.952 bits per heavy atom. The molecule has 1 amide bonds. The first-order valence-corrected chi connectivity index (χ1v) is 21.5. The van der Waals surface area contributed by atoms with Crippen LogP contribution in [0.2, 0.25) is 5.02 Å². The highest BCUT2D eigenvalue weighted by Gasteiger charge is 2.37. The molecule has 1 saturated carbocycles. The molecule has 334 valence electrons. The highest BCUT2D eigenvalue weighted by Crippen LogP contribution is 2.38. The van der Waals surface area contributed by atoms with E-state index in [1.807, 2.05) is 4.90 Å². The first-order chi connectivity index (χ1) is 30.0. The molecule has 2 aliphatic rings. The van der Waals surface area contributed by atoms with E-state index in [1.165, 1.54) is 18.2 Å². The molecule has 4 heterocycles. The van der Waals surface area contributed by atoms with Crippen molar-refractivity contribution in [1.82, 2.24) is 34.4 Å². The lowest BCUT2D eigenvalue weighted by molar-refractivity contribution is -0.122. The number of carbonyl (C=O) groups is 1. The second kappa shape index (κ2) is 17.4. The van der Waals surface area contributed by atoms with Gasteiger partial charge in [-0.3, -0.25) is 28.2 Å². The van der Waals surface area contributed by atoms with Crippen LogP contribution in [0.25, 0.3) is 27.5 Å². The Morgan fingerprint density at radius 2 is 1.67 bits per heavy atom. The summed E-state index contributed by atoms with van der Waals surface area (Å²) >= 11 is 6.66. The van der Waals surface area contributed by atoms with Crippen molar-refractivity contribution in [2.45, 2.75) is 69.6 Å². The minimum absolute atomic E-state index is 0.00651. The largest absolute Gasteiger partial charge is 0.378 e. The number of sulfonamides is 1. The van der Waals surface area contributed by atoms with Crippen LogP contribution in [0, 0.1) is 11.6 Å². The van der Waals surface area contributed by atoms with Crippen molar-refractivity contribution in [1.29, 1.82) is 0 Å². The fourth-order valence-electron chi connectivity index (χ4n) is 7.60. The first kappa shape index (κ1) is 43.9. The van der Waals surface area contributed by atoms with Gasteiger partial charge in [0, 0.05) is 31.3 Å². The van der Waals surface area contributed by atoms with Crippen LogP contribution in [-0.4, -0.2) is 81.4 Å². The van der Waals surface area contributed by atoms with Gasteiger partial charge < -0.3 is 15.0 Å². The van der Waals surface area contributed by atoms with Crippen LogP contribution in [0.1, 0.15) is 61.2 Å². The number of hydrogen-bond donors (Lipinski definition) is 2. The van der Waals surface area contributed by atoms with Gasteiger partial charge >= 0.3 is 0 Å². The molecular formula is C40H37ClF7N9O5S. The van der Waals surface area contributed by atoms with E-state index in [0.29, 0.717) is 50.9 Å². The number of fused-ring (bicyclic) bond motifs is 2. The third kappa shape index (κ3) is 9.19. The van der Waals surface area contributed by atoms with Gasteiger partial charge in [-0.25, -0.2) is 44.1 Å². The third-order valence-corrected chi connectivity index (χ3v) is 12.7. The molecule has 3 aromatic carbocycles. The molecule has 1 saturated heterocycles. The van der Waals surface area contributed by atoms with Crippen LogP contribution in [0.3, 0.4) is 0 Å². The van der Waals surface area contributed by atoms with Gasteiger partial charge in [0.05, 0.1) is 62.7 Å². The average molecular weight is 924 g/mol. The lowest BCUT2D eigenvalue weighted by Crippen LogP contribution is -2.38. The first-order valence-electron chi connectivity index (χ1n) is 19.6. The van der Waals surface area contributed by atoms with Crippen LogP contribution in [0.4, 0.5) is 42.2 Å². The summed E-state index contributed by atoms with van der Waals surface area (Å²) in [4.78, 5) is 35.9. The Balaban J connectivity index is 1.37. The topological polar surface area (TPSA) is 158 Å². The molecule has 8 rings (SSSR count). The number of carbonyl (C=O) groups excluding carboxylic acids is 1. The number of halogens is 8. The molecule has 2 N–H and O–H groups in total. The summed E-state index contributed by atoms with van der Waals surface area (Å²) in [7, 11) is -4.05. The summed E-state index contributed by atoms with van der Waals surface area (Å²) in [5.41, 5.74) is -1.80. The van der Waals surface area contributed by atoms with E-state index < -0.39 is 94.5 Å². The summed E-state index contributed by atoms with van der Waals surface area (Å²) < 4.78 is 137. The molecule has 63 heavy (non-hydrogen) atoms. The molecule has 0 radical (unpaired) electrons. The van der Waals surface area contributed by atoms with Crippen molar-refractivity contribution in [2.75, 3.05) is 35.9 Å². The van der Waals surface area contributed by atoms with Gasteiger partial charge in [-0.2, -0.15) is 10.2 Å². The van der Waals surface area contributed by atoms with Gasteiger partial charge in [-0.15, -0.1) is 0 Å². The summed E-state index contributed by atoms with van der Waals surface area (Å²) in [5.74, 6) is -3.72. The van der Waals surface area contributed by atoms with Gasteiger partial charge in [0.25, 0.3) is 18.4 Å². The minimum atomic E-state index is -4.05. The SMILES string of the molecule is CC(F)c1cc(C(F)F)nn1CC(=O)N[C@@H](Cc1cc(F)cc(F)c1)c1nc2cc(N3CCOCC3)ccc2c(=O)n1-c1ccc(Cl)c2c(NS(=O)(=O)C3CC3)nn(CC(F)F)c12. The van der Waals surface area contributed by atoms with Crippen LogP contribution >= 0.6 is 11.6 Å². The summed E-state index contributed by atoms with van der Waals surface area (Å²) in [6.07, 6.45) is -7.81. The lowest BCUT2D eigenvalue weighted by Gasteiger charge is -2.29. The van der Waals surface area contributed by atoms with Crippen molar-refractivity contribution < 1.29 is 48.7 Å². The van der Waals surface area contributed by atoms with Crippen LogP contribution < -0.4 is 20.5 Å². The number of hydrogen-bond acceptors (Lipinski definition) is 9. The molecule has 0 spiro atoms. The molecule has 1 aliphatic heterocycles. The van der Waals surface area contributed by atoms with Crippen molar-refractivity contribution in [3.8, 4) is 5.69 Å². The molecule has 1 aliphatic carbocycles. The number of anilines is 2. The Kier molecular flexibility index (Phi) is 12.1. The molecule has 23 heteroatoms. The van der Waals surface area contributed by atoms with E-state index in [2.05, 4.69) is 20.2 Å². The van der Waals surface area contributed by atoms with Crippen LogP contribution in [-0.2, 0) is 39.1 Å². The standard InChI is InChI=1S/C40H37ClF7N9O5S/c1-20(42)32-17-29(37(47)48)51-55(32)19-34(58)49-30(14-21-12-22(43)15-23(44)13-21)39-50-28-16-24(54-8-10-62-11-9-54)2-5-26(28)40(59)57(39)31-7-6-27(41)35-36(31)56(18-33(45)46)52-38(35)53-63(60,61)25-3-4-25/h2,5-7,12-13,15-17,20,25,30,33,37H,3-4,8-11,14,18-19H2,1H3,(H,49,58)(H,52,53)/t20?,30-/m0/s1. The normalized spacial score (nSPS) is 15.8. The zero-order valence-corrected chi connectivity index (χ0v) is 34.6. The minimum Gasteiger partial charge on any atom is -0.378 e. The van der Waals surface area contributed by atoms with Gasteiger partial charge in [-0.05, 0) is 73.9 Å². The Hall–Kier alpha value is -5.74. The van der Waals surface area contributed by atoms with E-state index in [4.69, 9.17) is 21.3 Å². The predicted octanol–water partition coefficient (Wildman–Crippen LogP) is 6.94. The van der Waals surface area contributed by atoms with E-state index in [-0.39, 0.29) is 49.6 Å². The van der Waals surface area contributed by atoms with Crippen molar-refractivity contribution in [3.63, 3.8) is 0 Å². The number of aromatic nitrogens is 6. The summed E-state index contributed by atoms with van der Waals surface area (Å²) in [6, 6.07) is 9.09. The Labute approximate surface area is 358 Å². The second-order valence-electron chi connectivity index (χ2n) is 15.1. The van der Waals surface area contributed by atoms with Crippen LogP contribution in [0.15, 0.2) is 59.4 Å². The number of benzene rings is 3. The molecule has 14 nitrogen and oxygen atoms in total. The Morgan fingerprint density at radius 3 is 2.32 bits per heavy atom. The molecule has 2 fully saturated rings. The molecule has 0 bridgehead atoms. The van der Waals surface area contributed by atoms with E-state index in [0.717, 1.165) is 39.1 Å². The number of morpholine rings is 1. The van der Waals surface area contributed by atoms with E-state index >= 15 is 4.79 Å². The smallest absolute Gasteiger partial charge is 0.282 e. The number of alkyl halides is 5. The molecule has 2 atom stereocenters. The lowest BCUT2D eigenvalue weighted by atomic mass is 10.0. The summed E-state index contributed by atoms with van der Waals surface area (Å²) in [5, 5.41) is 9.47. The third-order valence-electron chi connectivity index (χ3n) is 10.6. The molecule has 6 aromatic rings. The van der Waals surface area contributed by atoms with E-state index in [9.17, 15) is 43.9 Å². The fourth-order valence-corrected chi connectivity index (χ4v) is 9.18. The van der Waals surface area contributed by atoms with Crippen molar-refractivity contribution in [2.24, 2.45) is 0 Å². The number of rotatable bonds is 15. The highest BCUT2D eigenvalue weighted by atomic mass is 35.5. The maximum Gasteiger partial charge on any atom is 0.282 e. The number of ether oxygens (including phenoxy) is 1. The average Bonchev–Trinajstić information content (AvgIpc) is 3.92. The molecular weight excluding hydrogens is 887 g/mol. The second-order valence-corrected chi connectivity index (χ2v) is 17.5. The van der Waals surface area contributed by atoms with Gasteiger partial charge in [-0.1, -0.05) is 11.6 Å². The monoisotopic (exact) mass is 923 g/mol. The number of nitrogens with one attached hydrogen (secondary N) is 2. The maximum atomic E-state index is 15.1. The van der Waals surface area contributed by atoms with Crippen molar-refractivity contribution in [3.05, 3.63) is 104 Å². The van der Waals surface area contributed by atoms with Crippen LogP contribution in [0.5, 0.6) is 0 Å². The highest BCUT2D eigenvalue weighted by molar-refractivity contribution is 7.93. The quantitative estimate of drug-likeness (QED) is 0.104. The maximum absolute atomic E-state index is 15.1. The molecule has 1 unspecified atom stereocenters. The Bertz CT molecular complexity index is 2880. The molecule has 3 aromatic heterocycles. The number of nitrogens with zero attached hydrogens (tertiary/aromatic N) is 7. The van der Waals surface area contributed by atoms with Gasteiger partial charge in [0.1, 0.15) is 42.4 Å². The fraction of sp³-hybridized carbons (Fsp3) is 0.375. The summed E-state index contributed by atoms with van der Waals surface area (Å²) in [6.45, 7) is 0.898. The predicted molar refractivity (Wildman–Crippen MR) is 218 cm³/mol. The van der Waals surface area contributed by atoms with Crippen molar-refractivity contribution >= 4 is 60.8 Å². The zero-order valence-electron chi connectivity index (χ0n) is 33.1.